The molecular weight excluding hydrogens is 150 g/mol. The van der Waals surface area contributed by atoms with Crippen LogP contribution in [0.2, 0.25) is 0 Å². The minimum atomic E-state index is 0. The average molecular weight is 160 g/mol. The quantitative estimate of drug-likeness (QED) is 0.453. The van der Waals surface area contributed by atoms with Crippen molar-refractivity contribution < 1.29 is 23.2 Å². The van der Waals surface area contributed by atoms with Crippen LogP contribution in [0.5, 0.6) is 0 Å². The maximum Gasteiger partial charge on any atom is 0.133 e. The van der Waals surface area contributed by atoms with E-state index in [4.69, 9.17) is 5.11 Å². The molecule has 4 N–H and O–H groups in total. The lowest BCUT2D eigenvalue weighted by atomic mass is 10.2. The van der Waals surface area contributed by atoms with E-state index in [1.54, 1.807) is 0 Å². The van der Waals surface area contributed by atoms with Crippen LogP contribution in [0.15, 0.2) is 24.3 Å². The van der Waals surface area contributed by atoms with Gasteiger partial charge in [0.15, 0.2) is 0 Å². The molecule has 1 aromatic carbocycles. The van der Waals surface area contributed by atoms with Gasteiger partial charge in [0, 0.05) is 5.56 Å². The predicted octanol–water partition coefficient (Wildman–Crippen LogP) is -2.94. The van der Waals surface area contributed by atoms with Gasteiger partial charge in [0.05, 0.1) is 6.61 Å². The molecule has 0 saturated heterocycles. The van der Waals surface area contributed by atoms with E-state index in [1.807, 2.05) is 24.3 Å². The Morgan fingerprint density at radius 3 is 2.30 bits per heavy atom. The van der Waals surface area contributed by atoms with Crippen LogP contribution < -0.4 is 18.1 Å². The third-order valence-electron chi connectivity index (χ3n) is 1.29. The topological polar surface area (TPSA) is 47.9 Å². The summed E-state index contributed by atoms with van der Waals surface area (Å²) in [6.07, 6.45) is 0. The van der Waals surface area contributed by atoms with Crippen LogP contribution >= 0.6 is 0 Å². The Morgan fingerprint density at radius 2 is 1.90 bits per heavy atom. The largest absolute Gasteiger partial charge is 1.00 e. The maximum absolute atomic E-state index is 8.68. The number of rotatable bonds is 1. The molecule has 3 heteroatoms. The van der Waals surface area contributed by atoms with Crippen LogP contribution in [-0.4, -0.2) is 5.11 Å². The fraction of sp³-hybridized carbons (Fsp3) is 0.143. The number of hydrogen-bond donors (Lipinski definition) is 2. The number of quaternary nitrogens is 1. The summed E-state index contributed by atoms with van der Waals surface area (Å²) in [6.45, 7) is 0.0830. The molecule has 0 aromatic heterocycles. The van der Waals surface area contributed by atoms with E-state index < -0.39 is 0 Å². The molecule has 2 nitrogen and oxygen atoms in total. The summed E-state index contributed by atoms with van der Waals surface area (Å²) in [4.78, 5) is 0. The van der Waals surface area contributed by atoms with Crippen LogP contribution in [0.3, 0.4) is 0 Å². The first-order valence-corrected chi connectivity index (χ1v) is 2.85. The molecule has 0 aliphatic rings. The highest BCUT2D eigenvalue weighted by atomic mass is 35.5. The Bertz CT molecular complexity index is 203. The summed E-state index contributed by atoms with van der Waals surface area (Å²) in [5.41, 5.74) is 5.53. The Balaban J connectivity index is 0.000000810. The molecule has 1 rings (SSSR count). The smallest absolute Gasteiger partial charge is 0.133 e. The van der Waals surface area contributed by atoms with Crippen molar-refractivity contribution in [1.29, 1.82) is 0 Å². The number of aliphatic hydroxyl groups is 1. The van der Waals surface area contributed by atoms with Gasteiger partial charge in [-0.3, -0.25) is 0 Å². The zero-order valence-corrected chi connectivity index (χ0v) is 6.30. The third-order valence-corrected chi connectivity index (χ3v) is 1.29. The minimum Gasteiger partial charge on any atom is -1.00 e. The van der Waals surface area contributed by atoms with Crippen molar-refractivity contribution in [2.45, 2.75) is 6.61 Å². The van der Waals surface area contributed by atoms with E-state index in [0.29, 0.717) is 0 Å². The lowest BCUT2D eigenvalue weighted by molar-refractivity contribution is -0.256. The van der Waals surface area contributed by atoms with Gasteiger partial charge >= 0.3 is 0 Å². The molecular formula is C7H10ClNO. The average Bonchev–Trinajstić information content (AvgIpc) is 1.89. The molecule has 0 radical (unpaired) electrons. The molecule has 0 aliphatic carbocycles. The third kappa shape index (κ3) is 1.99. The molecule has 0 spiro atoms. The standard InChI is InChI=1S/C7H9NO.ClH/c8-7-4-2-1-3-6(7)5-9;/h1-4,9H,5,8H2;1H. The van der Waals surface area contributed by atoms with Crippen molar-refractivity contribution >= 4 is 5.69 Å². The Hall–Kier alpha value is -0.570. The summed E-state index contributed by atoms with van der Waals surface area (Å²) in [6, 6.07) is 7.54. The van der Waals surface area contributed by atoms with E-state index in [2.05, 4.69) is 5.73 Å². The van der Waals surface area contributed by atoms with Crippen molar-refractivity contribution in [3.63, 3.8) is 0 Å². The lowest BCUT2D eigenvalue weighted by Crippen LogP contribution is -3.00. The molecule has 1 aromatic rings. The first kappa shape index (κ1) is 9.43. The van der Waals surface area contributed by atoms with Gasteiger partial charge in [0.25, 0.3) is 0 Å². The predicted molar refractivity (Wildman–Crippen MR) is 34.9 cm³/mol. The summed E-state index contributed by atoms with van der Waals surface area (Å²) in [5, 5.41) is 8.68. The Labute approximate surface area is 66.1 Å². The monoisotopic (exact) mass is 159 g/mol. The van der Waals surface area contributed by atoms with Crippen LogP contribution in [0.4, 0.5) is 5.69 Å². The molecule has 0 aliphatic heterocycles. The molecule has 56 valence electrons. The van der Waals surface area contributed by atoms with Crippen LogP contribution in [0, 0.1) is 0 Å². The normalized spacial score (nSPS) is 8.60. The molecule has 0 atom stereocenters. The zero-order valence-electron chi connectivity index (χ0n) is 5.55. The van der Waals surface area contributed by atoms with Crippen molar-refractivity contribution in [2.24, 2.45) is 0 Å². The molecule has 0 saturated carbocycles. The first-order valence-electron chi connectivity index (χ1n) is 2.85. The fourth-order valence-electron chi connectivity index (χ4n) is 0.712. The second-order valence-electron chi connectivity index (χ2n) is 1.93. The minimum absolute atomic E-state index is 0. The van der Waals surface area contributed by atoms with Gasteiger partial charge in [-0.05, 0) is 6.07 Å². The van der Waals surface area contributed by atoms with E-state index >= 15 is 0 Å². The summed E-state index contributed by atoms with van der Waals surface area (Å²) >= 11 is 0. The summed E-state index contributed by atoms with van der Waals surface area (Å²) in [7, 11) is 0. The molecule has 0 amide bonds. The first-order chi connectivity index (χ1) is 4.34. The lowest BCUT2D eigenvalue weighted by Gasteiger charge is -1.93. The fourth-order valence-corrected chi connectivity index (χ4v) is 0.712. The van der Waals surface area contributed by atoms with Crippen LogP contribution in [0.25, 0.3) is 0 Å². The molecule has 10 heavy (non-hydrogen) atoms. The Morgan fingerprint density at radius 1 is 1.30 bits per heavy atom. The molecule has 0 heterocycles. The number of halogens is 1. The van der Waals surface area contributed by atoms with Gasteiger partial charge in [-0.2, -0.15) is 0 Å². The van der Waals surface area contributed by atoms with Gasteiger partial charge in [-0.1, -0.05) is 18.2 Å². The van der Waals surface area contributed by atoms with Gasteiger partial charge in [0.1, 0.15) is 5.69 Å². The Kier molecular flexibility index (Phi) is 4.03. The highest BCUT2D eigenvalue weighted by molar-refractivity contribution is 5.37. The number of benzene rings is 1. The SMILES string of the molecule is [Cl-].[NH3+]c1ccccc1CO. The van der Waals surface area contributed by atoms with Crippen LogP contribution in [-0.2, 0) is 6.61 Å². The zero-order chi connectivity index (χ0) is 6.69. The maximum atomic E-state index is 8.68. The van der Waals surface area contributed by atoms with E-state index in [1.165, 1.54) is 0 Å². The number of aliphatic hydroxyl groups excluding tert-OH is 1. The number of hydrogen-bond acceptors (Lipinski definition) is 1. The second-order valence-corrected chi connectivity index (χ2v) is 1.93. The van der Waals surface area contributed by atoms with Crippen molar-refractivity contribution in [2.75, 3.05) is 0 Å². The van der Waals surface area contributed by atoms with Crippen molar-refractivity contribution in [3.8, 4) is 0 Å². The van der Waals surface area contributed by atoms with E-state index in [9.17, 15) is 0 Å². The summed E-state index contributed by atoms with van der Waals surface area (Å²) < 4.78 is 0. The van der Waals surface area contributed by atoms with E-state index in [0.717, 1.165) is 11.3 Å². The van der Waals surface area contributed by atoms with Gasteiger partial charge in [0.2, 0.25) is 0 Å². The highest BCUT2D eigenvalue weighted by Crippen LogP contribution is 2.06. The second kappa shape index (κ2) is 4.28. The van der Waals surface area contributed by atoms with Gasteiger partial charge in [-0.15, -0.1) is 0 Å². The van der Waals surface area contributed by atoms with Gasteiger partial charge in [-0.25, -0.2) is 0 Å². The molecule has 0 bridgehead atoms. The molecule has 0 unspecified atom stereocenters. The van der Waals surface area contributed by atoms with Crippen molar-refractivity contribution in [3.05, 3.63) is 29.8 Å². The van der Waals surface area contributed by atoms with Gasteiger partial charge < -0.3 is 23.2 Å². The van der Waals surface area contributed by atoms with Crippen molar-refractivity contribution in [1.82, 2.24) is 0 Å². The summed E-state index contributed by atoms with van der Waals surface area (Å²) in [5.74, 6) is 0. The molecule has 0 fully saturated rings. The van der Waals surface area contributed by atoms with Crippen LogP contribution in [0.1, 0.15) is 5.56 Å². The highest BCUT2D eigenvalue weighted by Gasteiger charge is 1.95. The van der Waals surface area contributed by atoms with E-state index in [-0.39, 0.29) is 19.0 Å².